The molecule has 4 nitrogen and oxygen atoms in total. The van der Waals surface area contributed by atoms with Crippen molar-refractivity contribution < 1.29 is 9.26 Å². The molecular weight excluding hydrogens is 204 g/mol. The van der Waals surface area contributed by atoms with Gasteiger partial charge in [-0.05, 0) is 31.0 Å². The third-order valence-corrected chi connectivity index (χ3v) is 2.51. The number of hydrogen-bond donors (Lipinski definition) is 1. The van der Waals surface area contributed by atoms with Gasteiger partial charge in [-0.3, -0.25) is 0 Å². The smallest absolute Gasteiger partial charge is 0.230 e. The Kier molecular flexibility index (Phi) is 2.56. The van der Waals surface area contributed by atoms with Crippen LogP contribution >= 0.6 is 0 Å². The van der Waals surface area contributed by atoms with Crippen LogP contribution in [-0.2, 0) is 0 Å². The predicted molar refractivity (Wildman–Crippen MR) is 62.4 cm³/mol. The van der Waals surface area contributed by atoms with Crippen molar-refractivity contribution in [3.8, 4) is 16.9 Å². The van der Waals surface area contributed by atoms with Gasteiger partial charge in [0.2, 0.25) is 5.88 Å². The average Bonchev–Trinajstić information content (AvgIpc) is 2.63. The van der Waals surface area contributed by atoms with Gasteiger partial charge in [-0.1, -0.05) is 11.2 Å². The minimum absolute atomic E-state index is 0.309. The van der Waals surface area contributed by atoms with Crippen LogP contribution in [-0.4, -0.2) is 12.3 Å². The highest BCUT2D eigenvalue weighted by Gasteiger charge is 2.14. The lowest BCUT2D eigenvalue weighted by Crippen LogP contribution is -1.94. The van der Waals surface area contributed by atoms with Crippen molar-refractivity contribution in [1.29, 1.82) is 0 Å². The van der Waals surface area contributed by atoms with E-state index >= 15 is 0 Å². The molecule has 4 heteroatoms. The molecule has 16 heavy (non-hydrogen) atoms. The van der Waals surface area contributed by atoms with Crippen molar-refractivity contribution in [1.82, 2.24) is 5.16 Å². The Morgan fingerprint density at radius 1 is 1.25 bits per heavy atom. The third-order valence-electron chi connectivity index (χ3n) is 2.51. The number of rotatable bonds is 2. The van der Waals surface area contributed by atoms with Gasteiger partial charge in [0.15, 0.2) is 0 Å². The summed E-state index contributed by atoms with van der Waals surface area (Å²) in [7, 11) is 1.64. The molecule has 0 fully saturated rings. The SMILES string of the molecule is COc1c(C)cc(C)cc1-c1cnoc1N. The molecule has 2 aromatic rings. The number of aryl methyl sites for hydroxylation is 2. The van der Waals surface area contributed by atoms with Crippen LogP contribution in [0.4, 0.5) is 5.88 Å². The van der Waals surface area contributed by atoms with Gasteiger partial charge in [0.25, 0.3) is 0 Å². The van der Waals surface area contributed by atoms with Gasteiger partial charge in [0, 0.05) is 5.56 Å². The number of benzene rings is 1. The molecule has 0 saturated heterocycles. The Hall–Kier alpha value is -1.97. The van der Waals surface area contributed by atoms with Crippen LogP contribution in [0.3, 0.4) is 0 Å². The average molecular weight is 218 g/mol. The van der Waals surface area contributed by atoms with Crippen molar-refractivity contribution in [3.05, 3.63) is 29.5 Å². The fourth-order valence-corrected chi connectivity index (χ4v) is 1.88. The number of anilines is 1. The molecule has 0 radical (unpaired) electrons. The Balaban J connectivity index is 2.68. The zero-order valence-corrected chi connectivity index (χ0v) is 9.57. The molecule has 1 heterocycles. The molecule has 0 saturated carbocycles. The molecule has 2 N–H and O–H groups in total. The quantitative estimate of drug-likeness (QED) is 0.841. The molecule has 0 bridgehead atoms. The van der Waals surface area contributed by atoms with E-state index in [1.54, 1.807) is 13.3 Å². The van der Waals surface area contributed by atoms with Gasteiger partial charge in [0.05, 0.1) is 18.9 Å². The number of nitrogens with two attached hydrogens (primary N) is 1. The topological polar surface area (TPSA) is 61.3 Å². The van der Waals surface area contributed by atoms with E-state index in [9.17, 15) is 0 Å². The second kappa shape index (κ2) is 3.89. The lowest BCUT2D eigenvalue weighted by atomic mass is 10.0. The van der Waals surface area contributed by atoms with E-state index in [4.69, 9.17) is 15.0 Å². The summed E-state index contributed by atoms with van der Waals surface area (Å²) >= 11 is 0. The normalized spacial score (nSPS) is 10.4. The Bertz CT molecular complexity index is 518. The molecule has 0 spiro atoms. The van der Waals surface area contributed by atoms with Crippen molar-refractivity contribution in [2.75, 3.05) is 12.8 Å². The number of aromatic nitrogens is 1. The fourth-order valence-electron chi connectivity index (χ4n) is 1.88. The molecule has 1 aromatic heterocycles. The van der Waals surface area contributed by atoms with Crippen molar-refractivity contribution in [3.63, 3.8) is 0 Å². The van der Waals surface area contributed by atoms with Crippen molar-refractivity contribution >= 4 is 5.88 Å². The van der Waals surface area contributed by atoms with E-state index in [1.807, 2.05) is 19.9 Å². The van der Waals surface area contributed by atoms with Gasteiger partial charge in [0.1, 0.15) is 5.75 Å². The maximum atomic E-state index is 5.71. The Morgan fingerprint density at radius 2 is 2.00 bits per heavy atom. The lowest BCUT2D eigenvalue weighted by Gasteiger charge is -2.11. The summed E-state index contributed by atoms with van der Waals surface area (Å²) in [6, 6.07) is 4.07. The molecule has 0 atom stereocenters. The van der Waals surface area contributed by atoms with E-state index in [0.29, 0.717) is 5.88 Å². The molecule has 1 aromatic carbocycles. The van der Waals surface area contributed by atoms with E-state index in [-0.39, 0.29) is 0 Å². The predicted octanol–water partition coefficient (Wildman–Crippen LogP) is 2.55. The van der Waals surface area contributed by atoms with E-state index in [2.05, 4.69) is 11.2 Å². The summed E-state index contributed by atoms with van der Waals surface area (Å²) < 4.78 is 10.3. The molecule has 0 unspecified atom stereocenters. The first-order valence-electron chi connectivity index (χ1n) is 4.99. The lowest BCUT2D eigenvalue weighted by molar-refractivity contribution is 0.413. The third kappa shape index (κ3) is 1.62. The van der Waals surface area contributed by atoms with Gasteiger partial charge in [-0.25, -0.2) is 0 Å². The highest BCUT2D eigenvalue weighted by Crippen LogP contribution is 2.36. The monoisotopic (exact) mass is 218 g/mol. The Morgan fingerprint density at radius 3 is 2.56 bits per heavy atom. The zero-order valence-electron chi connectivity index (χ0n) is 9.57. The summed E-state index contributed by atoms with van der Waals surface area (Å²) in [6.45, 7) is 4.03. The van der Waals surface area contributed by atoms with Crippen LogP contribution in [0, 0.1) is 13.8 Å². The first kappa shape index (κ1) is 10.5. The van der Waals surface area contributed by atoms with Gasteiger partial charge in [-0.15, -0.1) is 0 Å². The second-order valence-electron chi connectivity index (χ2n) is 3.77. The fraction of sp³-hybridized carbons (Fsp3) is 0.250. The van der Waals surface area contributed by atoms with E-state index in [0.717, 1.165) is 28.0 Å². The van der Waals surface area contributed by atoms with Gasteiger partial charge < -0.3 is 15.0 Å². The number of ether oxygens (including phenoxy) is 1. The van der Waals surface area contributed by atoms with Crippen LogP contribution in [0.1, 0.15) is 11.1 Å². The van der Waals surface area contributed by atoms with Crippen LogP contribution in [0.2, 0.25) is 0 Å². The van der Waals surface area contributed by atoms with Crippen LogP contribution in [0.5, 0.6) is 5.75 Å². The molecular formula is C12H14N2O2. The molecule has 0 aliphatic carbocycles. The molecule has 0 aliphatic heterocycles. The highest BCUT2D eigenvalue weighted by molar-refractivity contribution is 5.78. The Labute approximate surface area is 94.0 Å². The van der Waals surface area contributed by atoms with Crippen molar-refractivity contribution in [2.45, 2.75) is 13.8 Å². The maximum Gasteiger partial charge on any atom is 0.230 e. The molecule has 0 aliphatic rings. The summed E-state index contributed by atoms with van der Waals surface area (Å²) in [5, 5.41) is 3.68. The van der Waals surface area contributed by atoms with Crippen molar-refractivity contribution in [2.24, 2.45) is 0 Å². The molecule has 84 valence electrons. The minimum atomic E-state index is 0.309. The van der Waals surface area contributed by atoms with Gasteiger partial charge in [-0.2, -0.15) is 0 Å². The zero-order chi connectivity index (χ0) is 11.7. The first-order valence-corrected chi connectivity index (χ1v) is 4.99. The number of hydrogen-bond acceptors (Lipinski definition) is 4. The summed E-state index contributed by atoms with van der Waals surface area (Å²) in [4.78, 5) is 0. The largest absolute Gasteiger partial charge is 0.496 e. The van der Waals surface area contributed by atoms with E-state index < -0.39 is 0 Å². The number of nitrogens with zero attached hydrogens (tertiary/aromatic N) is 1. The standard InChI is InChI=1S/C12H14N2O2/c1-7-4-8(2)11(15-3)9(5-7)10-6-14-16-12(10)13/h4-6H,13H2,1-3H3. The maximum absolute atomic E-state index is 5.71. The number of methoxy groups -OCH3 is 1. The first-order chi connectivity index (χ1) is 7.63. The number of nitrogen functional groups attached to an aromatic ring is 1. The van der Waals surface area contributed by atoms with Gasteiger partial charge >= 0.3 is 0 Å². The van der Waals surface area contributed by atoms with E-state index in [1.165, 1.54) is 0 Å². The molecule has 0 amide bonds. The summed E-state index contributed by atoms with van der Waals surface area (Å²) in [5.74, 6) is 1.11. The minimum Gasteiger partial charge on any atom is -0.496 e. The van der Waals surface area contributed by atoms with Crippen LogP contribution in [0.15, 0.2) is 22.9 Å². The second-order valence-corrected chi connectivity index (χ2v) is 3.77. The highest BCUT2D eigenvalue weighted by atomic mass is 16.5. The summed E-state index contributed by atoms with van der Waals surface area (Å²) in [5.41, 5.74) is 9.61. The molecule has 2 rings (SSSR count). The van der Waals surface area contributed by atoms with Crippen LogP contribution in [0.25, 0.3) is 11.1 Å². The summed E-state index contributed by atoms with van der Waals surface area (Å²) in [6.07, 6.45) is 1.60. The van der Waals surface area contributed by atoms with Crippen LogP contribution < -0.4 is 10.5 Å².